The number of aliphatic imine (C=N–C) groups is 1. The molecule has 3 aromatic rings. The van der Waals surface area contributed by atoms with Gasteiger partial charge in [-0.3, -0.25) is 4.99 Å². The Morgan fingerprint density at radius 2 is 1.72 bits per heavy atom. The largest absolute Gasteiger partial charge is 0.368 e. The van der Waals surface area contributed by atoms with Gasteiger partial charge in [0.05, 0.1) is 12.0 Å². The lowest BCUT2D eigenvalue weighted by atomic mass is 10.1. The third-order valence-corrected chi connectivity index (χ3v) is 5.12. The number of aromatic nitrogens is 2. The van der Waals surface area contributed by atoms with Gasteiger partial charge in [-0.2, -0.15) is 0 Å². The van der Waals surface area contributed by atoms with E-state index in [4.69, 9.17) is 0 Å². The summed E-state index contributed by atoms with van der Waals surface area (Å²) in [7, 11) is 1.85. The van der Waals surface area contributed by atoms with Gasteiger partial charge < -0.3 is 19.7 Å². The standard InChI is InChI=1S/C22H26N6.HI/c1-23-22(27-15-13-26(14-16-27)20-8-3-2-4-9-20)25-17-19-7-5-6-10-21(19)28-12-11-24-18-28;/h2-12,18H,13-17H2,1H3,(H,23,25);1H. The predicted octanol–water partition coefficient (Wildman–Crippen LogP) is 3.39. The molecule has 0 bridgehead atoms. The molecule has 0 saturated carbocycles. The molecule has 0 aliphatic carbocycles. The lowest BCUT2D eigenvalue weighted by molar-refractivity contribution is 0.372. The number of rotatable bonds is 4. The number of piperazine rings is 1. The molecule has 1 fully saturated rings. The van der Waals surface area contributed by atoms with Crippen LogP contribution in [-0.4, -0.2) is 53.6 Å². The maximum absolute atomic E-state index is 4.51. The minimum absolute atomic E-state index is 0. The van der Waals surface area contributed by atoms with E-state index >= 15 is 0 Å². The Bertz CT molecular complexity index is 902. The molecule has 6 nitrogen and oxygen atoms in total. The molecule has 0 radical (unpaired) electrons. The van der Waals surface area contributed by atoms with Gasteiger partial charge in [0.25, 0.3) is 0 Å². The van der Waals surface area contributed by atoms with Crippen LogP contribution in [0.4, 0.5) is 5.69 Å². The summed E-state index contributed by atoms with van der Waals surface area (Å²) in [6.07, 6.45) is 5.60. The van der Waals surface area contributed by atoms with E-state index < -0.39 is 0 Å². The van der Waals surface area contributed by atoms with E-state index in [2.05, 4.69) is 79.7 Å². The fourth-order valence-corrected chi connectivity index (χ4v) is 3.64. The van der Waals surface area contributed by atoms with Crippen LogP contribution >= 0.6 is 24.0 Å². The van der Waals surface area contributed by atoms with Crippen molar-refractivity contribution in [1.29, 1.82) is 0 Å². The zero-order valence-electron chi connectivity index (χ0n) is 16.6. The summed E-state index contributed by atoms with van der Waals surface area (Å²) in [6, 6.07) is 19.0. The summed E-state index contributed by atoms with van der Waals surface area (Å²) < 4.78 is 2.04. The Morgan fingerprint density at radius 1 is 1.00 bits per heavy atom. The SMILES string of the molecule is CN=C(NCc1ccccc1-n1ccnc1)N1CCN(c2ccccc2)CC1.I. The highest BCUT2D eigenvalue weighted by Crippen LogP contribution is 2.16. The van der Waals surface area contributed by atoms with Crippen molar-refractivity contribution in [3.05, 3.63) is 78.9 Å². The average Bonchev–Trinajstić information content (AvgIpc) is 3.30. The fraction of sp³-hybridized carbons (Fsp3) is 0.273. The summed E-state index contributed by atoms with van der Waals surface area (Å²) in [6.45, 7) is 4.63. The van der Waals surface area contributed by atoms with Crippen molar-refractivity contribution in [2.75, 3.05) is 38.1 Å². The molecule has 7 heteroatoms. The highest BCUT2D eigenvalue weighted by molar-refractivity contribution is 14.0. The zero-order chi connectivity index (χ0) is 19.2. The van der Waals surface area contributed by atoms with Gasteiger partial charge in [-0.05, 0) is 23.8 Å². The second kappa shape index (κ2) is 10.3. The van der Waals surface area contributed by atoms with Crippen LogP contribution in [-0.2, 0) is 6.54 Å². The van der Waals surface area contributed by atoms with Crippen LogP contribution in [0, 0.1) is 0 Å². The predicted molar refractivity (Wildman–Crippen MR) is 129 cm³/mol. The average molecular weight is 502 g/mol. The van der Waals surface area contributed by atoms with E-state index in [1.54, 1.807) is 6.20 Å². The number of hydrogen-bond acceptors (Lipinski definition) is 3. The number of imidazole rings is 1. The molecular weight excluding hydrogens is 475 g/mol. The molecule has 0 unspecified atom stereocenters. The quantitative estimate of drug-likeness (QED) is 0.338. The smallest absolute Gasteiger partial charge is 0.194 e. The van der Waals surface area contributed by atoms with Crippen molar-refractivity contribution in [2.24, 2.45) is 4.99 Å². The highest BCUT2D eigenvalue weighted by atomic mass is 127. The molecule has 1 saturated heterocycles. The van der Waals surface area contributed by atoms with Crippen LogP contribution < -0.4 is 10.2 Å². The van der Waals surface area contributed by atoms with Gasteiger partial charge >= 0.3 is 0 Å². The summed E-state index contributed by atoms with van der Waals surface area (Å²) in [5.74, 6) is 0.952. The molecule has 0 atom stereocenters. The first kappa shape index (κ1) is 21.2. The Morgan fingerprint density at radius 3 is 2.41 bits per heavy atom. The van der Waals surface area contributed by atoms with Crippen LogP contribution in [0.25, 0.3) is 5.69 Å². The van der Waals surface area contributed by atoms with Gasteiger partial charge in [0.2, 0.25) is 0 Å². The number of benzene rings is 2. The third-order valence-electron chi connectivity index (χ3n) is 5.12. The lowest BCUT2D eigenvalue weighted by Gasteiger charge is -2.37. The minimum Gasteiger partial charge on any atom is -0.368 e. The van der Waals surface area contributed by atoms with Crippen LogP contribution in [0.3, 0.4) is 0 Å². The van der Waals surface area contributed by atoms with Crippen LogP contribution in [0.15, 0.2) is 78.3 Å². The maximum Gasteiger partial charge on any atom is 0.194 e. The van der Waals surface area contributed by atoms with E-state index in [9.17, 15) is 0 Å². The van der Waals surface area contributed by atoms with Crippen LogP contribution in [0.5, 0.6) is 0 Å². The molecule has 4 rings (SSSR count). The molecule has 152 valence electrons. The van der Waals surface area contributed by atoms with E-state index in [-0.39, 0.29) is 24.0 Å². The molecule has 0 amide bonds. The Labute approximate surface area is 189 Å². The van der Waals surface area contributed by atoms with Gasteiger partial charge in [-0.25, -0.2) is 4.98 Å². The van der Waals surface area contributed by atoms with Crippen LogP contribution in [0.2, 0.25) is 0 Å². The van der Waals surface area contributed by atoms with Crippen molar-refractivity contribution >= 4 is 35.6 Å². The molecule has 29 heavy (non-hydrogen) atoms. The topological polar surface area (TPSA) is 48.7 Å². The van der Waals surface area contributed by atoms with E-state index in [0.29, 0.717) is 0 Å². The number of nitrogens with one attached hydrogen (secondary N) is 1. The van der Waals surface area contributed by atoms with Gasteiger partial charge in [0, 0.05) is 57.9 Å². The Hall–Kier alpha value is -2.55. The summed E-state index contributed by atoms with van der Waals surface area (Å²) in [5.41, 5.74) is 3.64. The van der Waals surface area contributed by atoms with Crippen molar-refractivity contribution in [1.82, 2.24) is 19.8 Å². The second-order valence-electron chi connectivity index (χ2n) is 6.81. The Balaban J connectivity index is 0.00000240. The van der Waals surface area contributed by atoms with Gasteiger partial charge in [-0.15, -0.1) is 24.0 Å². The third kappa shape index (κ3) is 5.09. The first-order valence-electron chi connectivity index (χ1n) is 9.67. The van der Waals surface area contributed by atoms with E-state index in [1.165, 1.54) is 11.3 Å². The van der Waals surface area contributed by atoms with Gasteiger partial charge in [0.1, 0.15) is 0 Å². The molecule has 2 aromatic carbocycles. The number of nitrogens with zero attached hydrogens (tertiary/aromatic N) is 5. The second-order valence-corrected chi connectivity index (χ2v) is 6.81. The first-order valence-corrected chi connectivity index (χ1v) is 9.67. The van der Waals surface area contributed by atoms with Crippen molar-refractivity contribution < 1.29 is 0 Å². The van der Waals surface area contributed by atoms with Gasteiger partial charge in [-0.1, -0.05) is 36.4 Å². The number of halogens is 1. The van der Waals surface area contributed by atoms with Crippen molar-refractivity contribution in [2.45, 2.75) is 6.54 Å². The van der Waals surface area contributed by atoms with Gasteiger partial charge in [0.15, 0.2) is 5.96 Å². The number of hydrogen-bond donors (Lipinski definition) is 1. The molecule has 0 spiro atoms. The Kier molecular flexibility index (Phi) is 7.51. The van der Waals surface area contributed by atoms with Crippen molar-refractivity contribution in [3.63, 3.8) is 0 Å². The molecule has 1 aliphatic rings. The zero-order valence-corrected chi connectivity index (χ0v) is 18.9. The molecule has 1 aromatic heterocycles. The highest BCUT2D eigenvalue weighted by Gasteiger charge is 2.19. The lowest BCUT2D eigenvalue weighted by Crippen LogP contribution is -2.52. The summed E-state index contributed by atoms with van der Waals surface area (Å²) in [5, 5.41) is 3.54. The summed E-state index contributed by atoms with van der Waals surface area (Å²) in [4.78, 5) is 13.4. The van der Waals surface area contributed by atoms with E-state index in [1.807, 2.05) is 24.1 Å². The number of anilines is 1. The number of guanidine groups is 1. The molecule has 1 N–H and O–H groups in total. The first-order chi connectivity index (χ1) is 13.8. The molecular formula is C22H27IN6. The molecule has 2 heterocycles. The minimum atomic E-state index is 0. The summed E-state index contributed by atoms with van der Waals surface area (Å²) >= 11 is 0. The normalized spacial score (nSPS) is 14.4. The maximum atomic E-state index is 4.51. The monoisotopic (exact) mass is 502 g/mol. The molecule has 1 aliphatic heterocycles. The fourth-order valence-electron chi connectivity index (χ4n) is 3.64. The number of para-hydroxylation sites is 2. The van der Waals surface area contributed by atoms with Crippen LogP contribution in [0.1, 0.15) is 5.56 Å². The van der Waals surface area contributed by atoms with Crippen molar-refractivity contribution in [3.8, 4) is 5.69 Å². The van der Waals surface area contributed by atoms with E-state index in [0.717, 1.165) is 44.4 Å².